The van der Waals surface area contributed by atoms with Crippen LogP contribution in [0.25, 0.3) is 0 Å². The largest absolute Gasteiger partial charge is 0.495 e. The van der Waals surface area contributed by atoms with E-state index in [9.17, 15) is 13.2 Å². The van der Waals surface area contributed by atoms with E-state index in [1.165, 1.54) is 20.1 Å². The number of sulfonamides is 1. The molecule has 0 aliphatic carbocycles. The van der Waals surface area contributed by atoms with Crippen molar-refractivity contribution in [3.05, 3.63) is 53.1 Å². The van der Waals surface area contributed by atoms with Gasteiger partial charge in [0.15, 0.2) is 0 Å². The van der Waals surface area contributed by atoms with Gasteiger partial charge in [0, 0.05) is 5.69 Å². The highest BCUT2D eigenvalue weighted by atomic mass is 35.5. The summed E-state index contributed by atoms with van der Waals surface area (Å²) >= 11 is 6.11. The predicted molar refractivity (Wildman–Crippen MR) is 105 cm³/mol. The van der Waals surface area contributed by atoms with Crippen molar-refractivity contribution in [3.63, 3.8) is 0 Å². The molecule has 0 saturated carbocycles. The lowest BCUT2D eigenvalue weighted by Crippen LogP contribution is -2.45. The van der Waals surface area contributed by atoms with Crippen LogP contribution in [0.1, 0.15) is 12.5 Å². The standard InChI is InChI=1S/C18H21ClN2O4S/c1-12-6-5-7-14(10-12)20-18(22)13(2)21(26(4,23)24)15-8-9-17(25-3)16(19)11-15/h5-11,13H,1-4H3,(H,20,22). The summed E-state index contributed by atoms with van der Waals surface area (Å²) in [5, 5.41) is 2.99. The summed E-state index contributed by atoms with van der Waals surface area (Å²) in [6, 6.07) is 10.8. The molecule has 0 saturated heterocycles. The van der Waals surface area contributed by atoms with E-state index in [-0.39, 0.29) is 10.7 Å². The maximum Gasteiger partial charge on any atom is 0.247 e. The topological polar surface area (TPSA) is 75.7 Å². The molecule has 0 aromatic heterocycles. The van der Waals surface area contributed by atoms with Crippen molar-refractivity contribution >= 4 is 38.9 Å². The van der Waals surface area contributed by atoms with Gasteiger partial charge in [0.25, 0.3) is 0 Å². The van der Waals surface area contributed by atoms with Gasteiger partial charge < -0.3 is 10.1 Å². The van der Waals surface area contributed by atoms with Crippen LogP contribution in [0.3, 0.4) is 0 Å². The number of halogens is 1. The van der Waals surface area contributed by atoms with E-state index in [1.54, 1.807) is 24.3 Å². The number of benzene rings is 2. The van der Waals surface area contributed by atoms with Crippen molar-refractivity contribution in [1.82, 2.24) is 0 Å². The summed E-state index contributed by atoms with van der Waals surface area (Å²) in [4.78, 5) is 12.6. The summed E-state index contributed by atoms with van der Waals surface area (Å²) < 4.78 is 30.8. The van der Waals surface area contributed by atoms with Gasteiger partial charge in [-0.05, 0) is 49.7 Å². The predicted octanol–water partition coefficient (Wildman–Crippen LogP) is 3.45. The molecule has 0 aliphatic rings. The number of carbonyl (C=O) groups excluding carboxylic acids is 1. The van der Waals surface area contributed by atoms with E-state index in [4.69, 9.17) is 16.3 Å². The molecule has 2 aromatic carbocycles. The summed E-state index contributed by atoms with van der Waals surface area (Å²) in [5.74, 6) is -0.0336. The SMILES string of the molecule is COc1ccc(N(C(C)C(=O)Nc2cccc(C)c2)S(C)(=O)=O)cc1Cl. The highest BCUT2D eigenvalue weighted by molar-refractivity contribution is 7.92. The molecule has 26 heavy (non-hydrogen) atoms. The second-order valence-corrected chi connectivity index (χ2v) is 8.18. The Labute approximate surface area is 158 Å². The minimum Gasteiger partial charge on any atom is -0.495 e. The maximum atomic E-state index is 12.6. The van der Waals surface area contributed by atoms with Gasteiger partial charge in [-0.25, -0.2) is 8.42 Å². The molecular formula is C18H21ClN2O4S. The molecule has 2 aromatic rings. The first kappa shape index (κ1) is 20.1. The molecule has 1 atom stereocenters. The monoisotopic (exact) mass is 396 g/mol. The number of hydrogen-bond donors (Lipinski definition) is 1. The second kappa shape index (κ2) is 7.97. The molecule has 6 nitrogen and oxygen atoms in total. The highest BCUT2D eigenvalue weighted by Crippen LogP contribution is 2.31. The summed E-state index contributed by atoms with van der Waals surface area (Å²) in [6.07, 6.45) is 1.04. The molecule has 0 aliphatic heterocycles. The summed E-state index contributed by atoms with van der Waals surface area (Å²) in [6.45, 7) is 3.42. The van der Waals surface area contributed by atoms with Crippen molar-refractivity contribution in [2.24, 2.45) is 0 Å². The Hall–Kier alpha value is -2.25. The number of ether oxygens (including phenoxy) is 1. The van der Waals surface area contributed by atoms with Crippen LogP contribution in [0.2, 0.25) is 5.02 Å². The lowest BCUT2D eigenvalue weighted by atomic mass is 10.2. The Morgan fingerprint density at radius 3 is 2.46 bits per heavy atom. The van der Waals surface area contributed by atoms with Crippen LogP contribution in [-0.2, 0) is 14.8 Å². The Morgan fingerprint density at radius 1 is 1.23 bits per heavy atom. The average Bonchev–Trinajstić information content (AvgIpc) is 2.53. The average molecular weight is 397 g/mol. The number of nitrogens with zero attached hydrogens (tertiary/aromatic N) is 1. The third-order valence-corrected chi connectivity index (χ3v) is 5.30. The van der Waals surface area contributed by atoms with Gasteiger partial charge >= 0.3 is 0 Å². The molecular weight excluding hydrogens is 376 g/mol. The number of amides is 1. The van der Waals surface area contributed by atoms with Crippen LogP contribution >= 0.6 is 11.6 Å². The first-order valence-corrected chi connectivity index (χ1v) is 10.1. The Bertz CT molecular complexity index is 915. The van der Waals surface area contributed by atoms with Crippen LogP contribution in [-0.4, -0.2) is 33.7 Å². The van der Waals surface area contributed by atoms with E-state index in [2.05, 4.69) is 5.32 Å². The molecule has 0 bridgehead atoms. The molecule has 1 amide bonds. The molecule has 0 heterocycles. The zero-order valence-electron chi connectivity index (χ0n) is 15.0. The number of aryl methyl sites for hydroxylation is 1. The molecule has 0 radical (unpaired) electrons. The fourth-order valence-corrected chi connectivity index (χ4v) is 3.99. The van der Waals surface area contributed by atoms with Crippen molar-refractivity contribution in [2.45, 2.75) is 19.9 Å². The molecule has 140 valence electrons. The van der Waals surface area contributed by atoms with Crippen LogP contribution in [0.15, 0.2) is 42.5 Å². The number of nitrogens with one attached hydrogen (secondary N) is 1. The van der Waals surface area contributed by atoms with Crippen LogP contribution in [0, 0.1) is 6.92 Å². The van der Waals surface area contributed by atoms with Gasteiger partial charge in [-0.1, -0.05) is 23.7 Å². The van der Waals surface area contributed by atoms with E-state index in [0.717, 1.165) is 16.1 Å². The first-order chi connectivity index (χ1) is 12.1. The quantitative estimate of drug-likeness (QED) is 0.811. The second-order valence-electron chi connectivity index (χ2n) is 5.91. The van der Waals surface area contributed by atoms with Gasteiger partial charge in [0.2, 0.25) is 15.9 Å². The van der Waals surface area contributed by atoms with Gasteiger partial charge in [0.05, 0.1) is 24.1 Å². The first-order valence-electron chi connectivity index (χ1n) is 7.84. The Balaban J connectivity index is 2.34. The third kappa shape index (κ3) is 4.68. The minimum atomic E-state index is -3.73. The zero-order chi connectivity index (χ0) is 19.5. The highest BCUT2D eigenvalue weighted by Gasteiger charge is 2.29. The number of anilines is 2. The maximum absolute atomic E-state index is 12.6. The van der Waals surface area contributed by atoms with Crippen molar-refractivity contribution in [3.8, 4) is 5.75 Å². The molecule has 1 unspecified atom stereocenters. The minimum absolute atomic E-state index is 0.255. The third-order valence-electron chi connectivity index (χ3n) is 3.76. The molecule has 1 N–H and O–H groups in total. The lowest BCUT2D eigenvalue weighted by molar-refractivity contribution is -0.116. The Morgan fingerprint density at radius 2 is 1.92 bits per heavy atom. The molecule has 0 fully saturated rings. The van der Waals surface area contributed by atoms with Crippen LogP contribution in [0.5, 0.6) is 5.75 Å². The number of carbonyl (C=O) groups is 1. The van der Waals surface area contributed by atoms with E-state index < -0.39 is 22.0 Å². The Kier molecular flexibility index (Phi) is 6.15. The summed E-state index contributed by atoms with van der Waals surface area (Å²) in [5.41, 5.74) is 1.87. The number of methoxy groups -OCH3 is 1. The van der Waals surface area contributed by atoms with Gasteiger partial charge in [0.1, 0.15) is 11.8 Å². The van der Waals surface area contributed by atoms with Gasteiger partial charge in [-0.15, -0.1) is 0 Å². The van der Waals surface area contributed by atoms with Crippen molar-refractivity contribution in [1.29, 1.82) is 0 Å². The van der Waals surface area contributed by atoms with Crippen molar-refractivity contribution in [2.75, 3.05) is 23.0 Å². The fourth-order valence-electron chi connectivity index (χ4n) is 2.57. The van der Waals surface area contributed by atoms with E-state index >= 15 is 0 Å². The number of rotatable bonds is 6. The molecule has 2 rings (SSSR count). The van der Waals surface area contributed by atoms with E-state index in [1.807, 2.05) is 19.1 Å². The van der Waals surface area contributed by atoms with Crippen molar-refractivity contribution < 1.29 is 17.9 Å². The van der Waals surface area contributed by atoms with Crippen LogP contribution < -0.4 is 14.4 Å². The normalized spacial score (nSPS) is 12.3. The smallest absolute Gasteiger partial charge is 0.247 e. The van der Waals surface area contributed by atoms with E-state index in [0.29, 0.717) is 11.4 Å². The molecule has 0 spiro atoms. The van der Waals surface area contributed by atoms with Gasteiger partial charge in [-0.2, -0.15) is 0 Å². The number of hydrogen-bond acceptors (Lipinski definition) is 4. The zero-order valence-corrected chi connectivity index (χ0v) is 16.6. The van der Waals surface area contributed by atoms with Gasteiger partial charge in [-0.3, -0.25) is 9.10 Å². The summed E-state index contributed by atoms with van der Waals surface area (Å²) in [7, 11) is -2.26. The lowest BCUT2D eigenvalue weighted by Gasteiger charge is -2.28. The molecule has 8 heteroatoms. The van der Waals surface area contributed by atoms with Crippen LogP contribution in [0.4, 0.5) is 11.4 Å². The fraction of sp³-hybridized carbons (Fsp3) is 0.278.